The average Bonchev–Trinajstić information content (AvgIpc) is 2.46. The van der Waals surface area contributed by atoms with Crippen LogP contribution < -0.4 is 0 Å². The Labute approximate surface area is 76.1 Å². The fourth-order valence-corrected chi connectivity index (χ4v) is 3.72. The fourth-order valence-electron chi connectivity index (χ4n) is 3.72. The van der Waals surface area contributed by atoms with E-state index in [1.807, 2.05) is 0 Å². The van der Waals surface area contributed by atoms with E-state index < -0.39 is 0 Å². The predicted molar refractivity (Wildman–Crippen MR) is 52.9 cm³/mol. The van der Waals surface area contributed by atoms with Gasteiger partial charge in [0.25, 0.3) is 0 Å². The maximum atomic E-state index is 3.87. The summed E-state index contributed by atoms with van der Waals surface area (Å²) in [6.07, 6.45) is 9.34. The number of allylic oxidation sites excluding steroid dienone is 1. The molecule has 2 saturated carbocycles. The molecule has 2 rings (SSSR count). The van der Waals surface area contributed by atoms with Crippen molar-refractivity contribution in [3.05, 3.63) is 12.7 Å². The van der Waals surface area contributed by atoms with Gasteiger partial charge < -0.3 is 0 Å². The van der Waals surface area contributed by atoms with E-state index >= 15 is 0 Å². The van der Waals surface area contributed by atoms with Crippen LogP contribution in [0.25, 0.3) is 0 Å². The first-order valence-electron chi connectivity index (χ1n) is 5.49. The van der Waals surface area contributed by atoms with E-state index in [9.17, 15) is 0 Å². The second-order valence-corrected chi connectivity index (χ2v) is 4.52. The molecule has 0 aromatic carbocycles. The lowest BCUT2D eigenvalue weighted by Crippen LogP contribution is -2.42. The number of fused-ring (bicyclic) bond motifs is 1. The van der Waals surface area contributed by atoms with Crippen molar-refractivity contribution >= 4 is 0 Å². The monoisotopic (exact) mass is 164 g/mol. The highest BCUT2D eigenvalue weighted by Gasteiger charge is 2.49. The van der Waals surface area contributed by atoms with Gasteiger partial charge >= 0.3 is 0 Å². The normalized spacial score (nSPS) is 45.1. The minimum absolute atomic E-state index is 1.01. The van der Waals surface area contributed by atoms with E-state index in [2.05, 4.69) is 19.6 Å². The number of hydrogen-bond acceptors (Lipinski definition) is 0. The smallest absolute Gasteiger partial charge is 0.0317 e. The highest BCUT2D eigenvalue weighted by Crippen LogP contribution is 2.57. The molecule has 0 aromatic heterocycles. The molecule has 2 aliphatic rings. The topological polar surface area (TPSA) is 0 Å². The van der Waals surface area contributed by atoms with Crippen LogP contribution in [0.3, 0.4) is 0 Å². The summed E-state index contributed by atoms with van der Waals surface area (Å²) in [6, 6.07) is 0. The van der Waals surface area contributed by atoms with Crippen molar-refractivity contribution in [2.24, 2.45) is 23.7 Å². The third-order valence-corrected chi connectivity index (χ3v) is 4.18. The SMILES string of the molecule is C=CCC1C(CC)C2CCCC12. The van der Waals surface area contributed by atoms with Crippen LogP contribution in [0.5, 0.6) is 0 Å². The quantitative estimate of drug-likeness (QED) is 0.559. The fraction of sp³-hybridized carbons (Fsp3) is 0.833. The molecule has 0 bridgehead atoms. The number of rotatable bonds is 3. The largest absolute Gasteiger partial charge is 0.103 e. The molecule has 4 unspecified atom stereocenters. The Balaban J connectivity index is 1.98. The summed E-state index contributed by atoms with van der Waals surface area (Å²) >= 11 is 0. The summed E-state index contributed by atoms with van der Waals surface area (Å²) in [7, 11) is 0. The van der Waals surface area contributed by atoms with Gasteiger partial charge in [-0.2, -0.15) is 0 Å². The van der Waals surface area contributed by atoms with Gasteiger partial charge in [-0.1, -0.05) is 25.8 Å². The third-order valence-electron chi connectivity index (χ3n) is 4.18. The van der Waals surface area contributed by atoms with Gasteiger partial charge in [-0.15, -0.1) is 6.58 Å². The van der Waals surface area contributed by atoms with Crippen molar-refractivity contribution in [3.63, 3.8) is 0 Å². The second kappa shape index (κ2) is 3.24. The standard InChI is InChI=1S/C12H20/c1-3-6-10-9(4-2)11-7-5-8-12(10)11/h3,9-12H,1,4-8H2,2H3. The summed E-state index contributed by atoms with van der Waals surface area (Å²) in [4.78, 5) is 0. The molecule has 0 aromatic rings. The van der Waals surface area contributed by atoms with Crippen LogP contribution in [-0.2, 0) is 0 Å². The molecule has 2 fully saturated rings. The number of hydrogen-bond donors (Lipinski definition) is 0. The molecule has 68 valence electrons. The molecule has 2 aliphatic carbocycles. The molecule has 12 heavy (non-hydrogen) atoms. The molecule has 0 nitrogen and oxygen atoms in total. The van der Waals surface area contributed by atoms with Gasteiger partial charge in [0.15, 0.2) is 0 Å². The van der Waals surface area contributed by atoms with E-state index in [0.717, 1.165) is 23.7 Å². The summed E-state index contributed by atoms with van der Waals surface area (Å²) in [6.45, 7) is 6.22. The summed E-state index contributed by atoms with van der Waals surface area (Å²) in [5.41, 5.74) is 0. The zero-order valence-electron chi connectivity index (χ0n) is 8.13. The van der Waals surface area contributed by atoms with Gasteiger partial charge in [-0.05, 0) is 42.9 Å². The minimum Gasteiger partial charge on any atom is -0.103 e. The molecule has 0 heteroatoms. The first-order chi connectivity index (χ1) is 5.88. The molecular weight excluding hydrogens is 144 g/mol. The first kappa shape index (κ1) is 8.34. The minimum atomic E-state index is 1.01. The van der Waals surface area contributed by atoms with Crippen molar-refractivity contribution in [3.8, 4) is 0 Å². The lowest BCUT2D eigenvalue weighted by Gasteiger charge is -2.49. The van der Waals surface area contributed by atoms with E-state index in [1.54, 1.807) is 0 Å². The van der Waals surface area contributed by atoms with Crippen LogP contribution in [0.4, 0.5) is 0 Å². The van der Waals surface area contributed by atoms with Crippen molar-refractivity contribution in [2.75, 3.05) is 0 Å². The highest BCUT2D eigenvalue weighted by molar-refractivity contribution is 5.01. The van der Waals surface area contributed by atoms with Gasteiger partial charge in [0.2, 0.25) is 0 Å². The van der Waals surface area contributed by atoms with Gasteiger partial charge in [0.05, 0.1) is 0 Å². The van der Waals surface area contributed by atoms with Gasteiger partial charge in [0, 0.05) is 0 Å². The van der Waals surface area contributed by atoms with Gasteiger partial charge in [-0.25, -0.2) is 0 Å². The molecule has 0 aliphatic heterocycles. The van der Waals surface area contributed by atoms with Gasteiger partial charge in [-0.3, -0.25) is 0 Å². The van der Waals surface area contributed by atoms with E-state index in [1.165, 1.54) is 32.1 Å². The molecule has 0 N–H and O–H groups in total. The lowest BCUT2D eigenvalue weighted by atomic mass is 9.56. The Kier molecular flexibility index (Phi) is 2.25. The lowest BCUT2D eigenvalue weighted by molar-refractivity contribution is 0.00189. The van der Waals surface area contributed by atoms with Crippen LogP contribution in [0.1, 0.15) is 39.0 Å². The highest BCUT2D eigenvalue weighted by atomic mass is 14.5. The molecule has 0 radical (unpaired) electrons. The Bertz CT molecular complexity index is 171. The summed E-state index contributed by atoms with van der Waals surface area (Å²) in [5, 5.41) is 0. The van der Waals surface area contributed by atoms with E-state index in [-0.39, 0.29) is 0 Å². The van der Waals surface area contributed by atoms with E-state index in [0.29, 0.717) is 0 Å². The second-order valence-electron chi connectivity index (χ2n) is 4.52. The Morgan fingerprint density at radius 2 is 1.92 bits per heavy atom. The molecule has 4 atom stereocenters. The summed E-state index contributed by atoms with van der Waals surface area (Å²) in [5.74, 6) is 4.27. The van der Waals surface area contributed by atoms with Crippen LogP contribution in [-0.4, -0.2) is 0 Å². The molecular formula is C12H20. The van der Waals surface area contributed by atoms with Crippen molar-refractivity contribution < 1.29 is 0 Å². The predicted octanol–water partition coefficient (Wildman–Crippen LogP) is 3.63. The zero-order valence-corrected chi connectivity index (χ0v) is 8.13. The Morgan fingerprint density at radius 3 is 2.50 bits per heavy atom. The van der Waals surface area contributed by atoms with Crippen LogP contribution in [0.15, 0.2) is 12.7 Å². The third kappa shape index (κ3) is 1.04. The van der Waals surface area contributed by atoms with Crippen molar-refractivity contribution in [2.45, 2.75) is 39.0 Å². The average molecular weight is 164 g/mol. The van der Waals surface area contributed by atoms with Crippen LogP contribution in [0, 0.1) is 23.7 Å². The van der Waals surface area contributed by atoms with Crippen LogP contribution in [0.2, 0.25) is 0 Å². The summed E-state index contributed by atoms with van der Waals surface area (Å²) < 4.78 is 0. The Hall–Kier alpha value is -0.260. The zero-order chi connectivity index (χ0) is 8.55. The molecule has 0 spiro atoms. The molecule has 0 amide bonds. The maximum absolute atomic E-state index is 3.87. The molecule has 0 saturated heterocycles. The van der Waals surface area contributed by atoms with Crippen molar-refractivity contribution in [1.29, 1.82) is 0 Å². The van der Waals surface area contributed by atoms with E-state index in [4.69, 9.17) is 0 Å². The van der Waals surface area contributed by atoms with Crippen LogP contribution >= 0.6 is 0 Å². The van der Waals surface area contributed by atoms with Gasteiger partial charge in [0.1, 0.15) is 0 Å². The molecule has 0 heterocycles. The van der Waals surface area contributed by atoms with Crippen molar-refractivity contribution in [1.82, 2.24) is 0 Å². The Morgan fingerprint density at radius 1 is 1.25 bits per heavy atom. The maximum Gasteiger partial charge on any atom is -0.0317 e. The first-order valence-corrected chi connectivity index (χ1v) is 5.49.